The molecule has 0 spiro atoms. The first-order valence-corrected chi connectivity index (χ1v) is 7.72. The molecule has 0 aliphatic carbocycles. The highest BCUT2D eigenvalue weighted by atomic mass is 19.1. The summed E-state index contributed by atoms with van der Waals surface area (Å²) in [6.45, 7) is 2.39. The highest BCUT2D eigenvalue weighted by Crippen LogP contribution is 2.23. The van der Waals surface area contributed by atoms with Crippen molar-refractivity contribution in [3.8, 4) is 5.69 Å². The number of benzene rings is 1. The fraction of sp³-hybridized carbons (Fsp3) is 0.438. The Balaban J connectivity index is 1.77. The van der Waals surface area contributed by atoms with Crippen LogP contribution in [0.4, 0.5) is 4.39 Å². The number of likely N-dealkylation sites (tertiary alicyclic amines) is 1. The van der Waals surface area contributed by atoms with Gasteiger partial charge in [-0.2, -0.15) is 9.90 Å². The van der Waals surface area contributed by atoms with E-state index in [1.165, 1.54) is 23.1 Å². The number of aromatic nitrogens is 3. The lowest BCUT2D eigenvalue weighted by Gasteiger charge is -2.24. The van der Waals surface area contributed by atoms with Crippen LogP contribution < -0.4 is 0 Å². The molecule has 0 bridgehead atoms. The number of carbonyl (C=O) groups is 1. The van der Waals surface area contributed by atoms with Gasteiger partial charge in [-0.25, -0.2) is 4.39 Å². The number of amides is 1. The van der Waals surface area contributed by atoms with E-state index in [-0.39, 0.29) is 23.5 Å². The van der Waals surface area contributed by atoms with Crippen molar-refractivity contribution in [1.29, 1.82) is 0 Å². The van der Waals surface area contributed by atoms with E-state index in [0.29, 0.717) is 18.7 Å². The van der Waals surface area contributed by atoms with Crippen LogP contribution in [0.15, 0.2) is 30.5 Å². The molecule has 1 saturated heterocycles. The smallest absolute Gasteiger partial charge is 0.276 e. The first-order valence-electron chi connectivity index (χ1n) is 7.72. The molecular weight excluding hydrogens is 299 g/mol. The van der Waals surface area contributed by atoms with Gasteiger partial charge in [0, 0.05) is 12.6 Å². The Kier molecular flexibility index (Phi) is 4.38. The number of aliphatic hydroxyl groups excluding tert-OH is 1. The van der Waals surface area contributed by atoms with Crippen LogP contribution >= 0.6 is 0 Å². The van der Waals surface area contributed by atoms with E-state index >= 15 is 0 Å². The number of hydrogen-bond acceptors (Lipinski definition) is 4. The molecule has 0 radical (unpaired) electrons. The van der Waals surface area contributed by atoms with Crippen LogP contribution in [0, 0.1) is 5.82 Å². The molecule has 0 saturated carbocycles. The second-order valence-corrected chi connectivity index (χ2v) is 5.87. The third-order valence-electron chi connectivity index (χ3n) is 4.02. The Morgan fingerprint density at radius 3 is 2.87 bits per heavy atom. The summed E-state index contributed by atoms with van der Waals surface area (Å²) in [5.74, 6) is -0.517. The predicted molar refractivity (Wildman–Crippen MR) is 81.7 cm³/mol. The zero-order valence-electron chi connectivity index (χ0n) is 12.9. The van der Waals surface area contributed by atoms with Crippen LogP contribution in [-0.4, -0.2) is 49.6 Å². The van der Waals surface area contributed by atoms with E-state index in [0.717, 1.165) is 12.8 Å². The molecule has 7 heteroatoms. The molecule has 2 unspecified atom stereocenters. The zero-order chi connectivity index (χ0) is 16.4. The largest absolute Gasteiger partial charge is 0.393 e. The Bertz CT molecular complexity index is 684. The highest BCUT2D eigenvalue weighted by Gasteiger charge is 2.31. The molecule has 3 rings (SSSR count). The van der Waals surface area contributed by atoms with Gasteiger partial charge in [-0.1, -0.05) is 0 Å². The maximum absolute atomic E-state index is 13.0. The average molecular weight is 318 g/mol. The van der Waals surface area contributed by atoms with Crippen molar-refractivity contribution in [2.75, 3.05) is 6.54 Å². The van der Waals surface area contributed by atoms with Crippen molar-refractivity contribution in [1.82, 2.24) is 19.9 Å². The molecule has 1 amide bonds. The minimum atomic E-state index is -0.441. The van der Waals surface area contributed by atoms with Crippen LogP contribution in [0.2, 0.25) is 0 Å². The van der Waals surface area contributed by atoms with Crippen molar-refractivity contribution >= 4 is 5.91 Å². The summed E-state index contributed by atoms with van der Waals surface area (Å²) in [6.07, 6.45) is 3.36. The molecular formula is C16H19FN4O2. The summed E-state index contributed by atoms with van der Waals surface area (Å²) in [5.41, 5.74) is 0.847. The van der Waals surface area contributed by atoms with Crippen molar-refractivity contribution in [3.63, 3.8) is 0 Å². The molecule has 1 aliphatic heterocycles. The van der Waals surface area contributed by atoms with Crippen molar-refractivity contribution in [2.24, 2.45) is 0 Å². The maximum Gasteiger partial charge on any atom is 0.276 e. The van der Waals surface area contributed by atoms with Crippen LogP contribution in [0.3, 0.4) is 0 Å². The van der Waals surface area contributed by atoms with Gasteiger partial charge in [-0.15, -0.1) is 5.10 Å². The van der Waals surface area contributed by atoms with E-state index in [9.17, 15) is 14.3 Å². The first-order chi connectivity index (χ1) is 11.0. The topological polar surface area (TPSA) is 71.2 Å². The molecule has 23 heavy (non-hydrogen) atoms. The summed E-state index contributed by atoms with van der Waals surface area (Å²) in [4.78, 5) is 15.7. The molecule has 1 fully saturated rings. The fourth-order valence-electron chi connectivity index (χ4n) is 2.95. The Labute approximate surface area is 133 Å². The summed E-state index contributed by atoms with van der Waals surface area (Å²) >= 11 is 0. The summed E-state index contributed by atoms with van der Waals surface area (Å²) < 4.78 is 13.0. The molecule has 1 aliphatic rings. The van der Waals surface area contributed by atoms with Gasteiger partial charge < -0.3 is 10.0 Å². The van der Waals surface area contributed by atoms with Gasteiger partial charge in [0.2, 0.25) is 0 Å². The average Bonchev–Trinajstić information content (AvgIpc) is 3.16. The van der Waals surface area contributed by atoms with Crippen LogP contribution in [0.25, 0.3) is 5.69 Å². The normalized spacial score (nSPS) is 19.1. The van der Waals surface area contributed by atoms with Gasteiger partial charge in [0.15, 0.2) is 5.69 Å². The molecule has 122 valence electrons. The number of hydrogen-bond donors (Lipinski definition) is 1. The zero-order valence-corrected chi connectivity index (χ0v) is 12.9. The number of aliphatic hydroxyl groups is 1. The first kappa shape index (κ1) is 15.6. The molecule has 6 nitrogen and oxygen atoms in total. The minimum absolute atomic E-state index is 0.0403. The molecule has 1 N–H and O–H groups in total. The van der Waals surface area contributed by atoms with Crippen molar-refractivity contribution in [3.05, 3.63) is 42.0 Å². The van der Waals surface area contributed by atoms with Crippen LogP contribution in [-0.2, 0) is 0 Å². The van der Waals surface area contributed by atoms with E-state index in [4.69, 9.17) is 0 Å². The Morgan fingerprint density at radius 2 is 2.17 bits per heavy atom. The molecule has 2 aromatic rings. The molecule has 1 aromatic carbocycles. The fourth-order valence-corrected chi connectivity index (χ4v) is 2.95. The minimum Gasteiger partial charge on any atom is -0.393 e. The van der Waals surface area contributed by atoms with E-state index < -0.39 is 6.10 Å². The lowest BCUT2D eigenvalue weighted by molar-refractivity contribution is 0.0676. The molecule has 1 aromatic heterocycles. The van der Waals surface area contributed by atoms with Crippen LogP contribution in [0.5, 0.6) is 0 Å². The second kappa shape index (κ2) is 6.45. The van der Waals surface area contributed by atoms with Gasteiger partial charge in [-0.3, -0.25) is 4.79 Å². The van der Waals surface area contributed by atoms with Crippen molar-refractivity contribution in [2.45, 2.75) is 38.3 Å². The van der Waals surface area contributed by atoms with Crippen molar-refractivity contribution < 1.29 is 14.3 Å². The maximum atomic E-state index is 13.0. The SMILES string of the molecule is CC(O)CC1CCCN1C(=O)c1cnn(-c2ccc(F)cc2)n1. The van der Waals surface area contributed by atoms with Gasteiger partial charge in [0.05, 0.1) is 18.0 Å². The Hall–Kier alpha value is -2.28. The third kappa shape index (κ3) is 3.39. The number of halogens is 1. The molecule has 2 atom stereocenters. The van der Waals surface area contributed by atoms with E-state index in [1.54, 1.807) is 24.0 Å². The third-order valence-corrected chi connectivity index (χ3v) is 4.02. The van der Waals surface area contributed by atoms with Crippen LogP contribution in [0.1, 0.15) is 36.7 Å². The summed E-state index contributed by atoms with van der Waals surface area (Å²) in [7, 11) is 0. The van der Waals surface area contributed by atoms with E-state index in [1.807, 2.05) is 0 Å². The van der Waals surface area contributed by atoms with E-state index in [2.05, 4.69) is 10.2 Å². The molecule has 2 heterocycles. The Morgan fingerprint density at radius 1 is 1.43 bits per heavy atom. The van der Waals surface area contributed by atoms with Gasteiger partial charge >= 0.3 is 0 Å². The number of carbonyl (C=O) groups excluding carboxylic acids is 1. The number of rotatable bonds is 4. The lowest BCUT2D eigenvalue weighted by Crippen LogP contribution is -2.37. The van der Waals surface area contributed by atoms with Gasteiger partial charge in [0.25, 0.3) is 5.91 Å². The van der Waals surface area contributed by atoms with Gasteiger partial charge in [0.1, 0.15) is 5.82 Å². The van der Waals surface area contributed by atoms with Gasteiger partial charge in [-0.05, 0) is 50.5 Å². The highest BCUT2D eigenvalue weighted by molar-refractivity contribution is 5.92. The quantitative estimate of drug-likeness (QED) is 0.933. The monoisotopic (exact) mass is 318 g/mol. The second-order valence-electron chi connectivity index (χ2n) is 5.87. The summed E-state index contributed by atoms with van der Waals surface area (Å²) in [5, 5.41) is 17.8. The standard InChI is InChI=1S/C16H19FN4O2/c1-11(22)9-14-3-2-8-20(14)16(23)15-10-18-21(19-15)13-6-4-12(17)5-7-13/h4-7,10-11,14,22H,2-3,8-9H2,1H3. The predicted octanol–water partition coefficient (Wildman–Crippen LogP) is 1.78. The summed E-state index contributed by atoms with van der Waals surface area (Å²) in [6, 6.07) is 5.78. The lowest BCUT2D eigenvalue weighted by atomic mass is 10.1. The number of nitrogens with zero attached hydrogens (tertiary/aromatic N) is 4.